The summed E-state index contributed by atoms with van der Waals surface area (Å²) in [4.78, 5) is 8.29. The molecular weight excluding hydrogens is 275 g/mol. The molecule has 1 heterocycles. The highest BCUT2D eigenvalue weighted by molar-refractivity contribution is 6.30. The summed E-state index contributed by atoms with van der Waals surface area (Å²) in [7, 11) is 0. The molecule has 3 aromatic rings. The van der Waals surface area contributed by atoms with E-state index in [9.17, 15) is 4.39 Å². The molecule has 2 aromatic carbocycles. The summed E-state index contributed by atoms with van der Waals surface area (Å²) in [5.41, 5.74) is 2.02. The minimum atomic E-state index is -0.347. The second kappa shape index (κ2) is 5.39. The third-order valence-electron chi connectivity index (χ3n) is 2.87. The van der Waals surface area contributed by atoms with E-state index < -0.39 is 0 Å². The van der Waals surface area contributed by atoms with E-state index in [0.717, 1.165) is 11.1 Å². The Morgan fingerprint density at radius 2 is 1.75 bits per heavy atom. The second-order valence-corrected chi connectivity index (χ2v) is 4.64. The van der Waals surface area contributed by atoms with Crippen LogP contribution < -0.4 is 0 Å². The lowest BCUT2D eigenvalue weighted by Gasteiger charge is -2.03. The number of hydrogen-bond donors (Lipinski definition) is 0. The molecule has 0 spiro atoms. The van der Waals surface area contributed by atoms with Gasteiger partial charge in [-0.25, -0.2) is 14.4 Å². The van der Waals surface area contributed by atoms with E-state index in [1.54, 1.807) is 36.5 Å². The van der Waals surface area contributed by atoms with E-state index in [4.69, 9.17) is 11.6 Å². The lowest BCUT2D eigenvalue weighted by Crippen LogP contribution is -1.92. The van der Waals surface area contributed by atoms with Crippen molar-refractivity contribution in [1.82, 2.24) is 9.97 Å². The van der Waals surface area contributed by atoms with E-state index in [1.807, 2.05) is 12.1 Å². The van der Waals surface area contributed by atoms with Crippen LogP contribution in [0.15, 0.2) is 54.7 Å². The maximum Gasteiger partial charge on any atom is 0.162 e. The fourth-order valence-electron chi connectivity index (χ4n) is 1.84. The smallest absolute Gasteiger partial charge is 0.162 e. The van der Waals surface area contributed by atoms with Crippen LogP contribution in [0.25, 0.3) is 22.5 Å². The number of halogens is 2. The molecule has 2 nitrogen and oxygen atoms in total. The average molecular weight is 284 g/mol. The molecule has 0 aliphatic carbocycles. The van der Waals surface area contributed by atoms with Gasteiger partial charge in [0, 0.05) is 16.8 Å². The van der Waals surface area contributed by atoms with Crippen LogP contribution in [0.1, 0.15) is 0 Å². The molecule has 4 heteroatoms. The monoisotopic (exact) mass is 283 g/mol. The van der Waals surface area contributed by atoms with Crippen molar-refractivity contribution in [3.05, 3.63) is 71.8 Å². The molecule has 0 aliphatic rings. The summed E-state index contributed by atoms with van der Waals surface area (Å²) in [6, 6.07) is 13.7. The fraction of sp³-hybridized carbons (Fsp3) is 0. The highest BCUT2D eigenvalue weighted by atomic mass is 35.5. The number of benzene rings is 2. The van der Waals surface area contributed by atoms with Gasteiger partial charge in [-0.2, -0.15) is 0 Å². The normalized spacial score (nSPS) is 10.5. The minimum absolute atomic E-state index is 0.320. The fourth-order valence-corrected chi connectivity index (χ4v) is 1.96. The van der Waals surface area contributed by atoms with Crippen LogP contribution in [0, 0.1) is 12.0 Å². The van der Waals surface area contributed by atoms with E-state index in [0.29, 0.717) is 16.4 Å². The van der Waals surface area contributed by atoms with Crippen LogP contribution in [-0.4, -0.2) is 9.97 Å². The summed E-state index contributed by atoms with van der Waals surface area (Å²) in [6.45, 7) is 0. The first-order valence-electron chi connectivity index (χ1n) is 5.99. The molecule has 0 fully saturated rings. The first-order valence-corrected chi connectivity index (χ1v) is 6.37. The van der Waals surface area contributed by atoms with Crippen molar-refractivity contribution in [3.8, 4) is 22.5 Å². The number of hydrogen-bond acceptors (Lipinski definition) is 2. The largest absolute Gasteiger partial charge is 0.236 e. The Labute approximate surface area is 120 Å². The van der Waals surface area contributed by atoms with Gasteiger partial charge in [-0.3, -0.25) is 0 Å². The Bertz CT molecular complexity index is 724. The Kier molecular flexibility index (Phi) is 3.44. The van der Waals surface area contributed by atoms with E-state index >= 15 is 0 Å². The summed E-state index contributed by atoms with van der Waals surface area (Å²) in [5.74, 6) is -0.0269. The van der Waals surface area contributed by atoms with Gasteiger partial charge in [0.25, 0.3) is 0 Å². The van der Waals surface area contributed by atoms with Gasteiger partial charge in [0.2, 0.25) is 0 Å². The molecule has 0 amide bonds. The van der Waals surface area contributed by atoms with E-state index in [1.165, 1.54) is 6.07 Å². The van der Waals surface area contributed by atoms with Crippen molar-refractivity contribution >= 4 is 11.6 Å². The third-order valence-corrected chi connectivity index (χ3v) is 3.12. The van der Waals surface area contributed by atoms with Gasteiger partial charge < -0.3 is 0 Å². The zero-order valence-corrected chi connectivity index (χ0v) is 11.1. The van der Waals surface area contributed by atoms with Crippen LogP contribution in [0.5, 0.6) is 0 Å². The Hall–Kier alpha value is -2.26. The van der Waals surface area contributed by atoms with E-state index in [-0.39, 0.29) is 5.82 Å². The molecule has 3 rings (SSSR count). The molecule has 0 unspecified atom stereocenters. The highest BCUT2D eigenvalue weighted by Crippen LogP contribution is 2.22. The topological polar surface area (TPSA) is 25.8 Å². The molecule has 0 atom stereocenters. The van der Waals surface area contributed by atoms with Gasteiger partial charge in [0.05, 0.1) is 5.56 Å². The van der Waals surface area contributed by atoms with Crippen molar-refractivity contribution in [1.29, 1.82) is 0 Å². The standard InChI is InChI=1S/C16H9ClFN2/c17-13-7-5-11(6-8-13)12-9-19-16(20-10-12)14-3-1-2-4-15(14)18/h1-9H. The van der Waals surface area contributed by atoms with Gasteiger partial charge in [-0.1, -0.05) is 35.9 Å². The lowest BCUT2D eigenvalue weighted by molar-refractivity contribution is 0.630. The van der Waals surface area contributed by atoms with Crippen molar-refractivity contribution in [2.75, 3.05) is 0 Å². The summed E-state index contributed by atoms with van der Waals surface area (Å²) >= 11 is 5.84. The van der Waals surface area contributed by atoms with Crippen LogP contribution >= 0.6 is 11.6 Å². The molecule has 1 radical (unpaired) electrons. The van der Waals surface area contributed by atoms with Gasteiger partial charge >= 0.3 is 0 Å². The van der Waals surface area contributed by atoms with Crippen LogP contribution in [0.4, 0.5) is 4.39 Å². The zero-order valence-electron chi connectivity index (χ0n) is 10.3. The maximum atomic E-state index is 13.6. The molecule has 0 N–H and O–H groups in total. The molecular formula is C16H9ClFN2. The molecule has 0 saturated heterocycles. The average Bonchev–Trinajstić information content (AvgIpc) is 2.49. The van der Waals surface area contributed by atoms with Crippen molar-refractivity contribution in [2.45, 2.75) is 0 Å². The first kappa shape index (κ1) is 12.8. The molecule has 20 heavy (non-hydrogen) atoms. The highest BCUT2D eigenvalue weighted by Gasteiger charge is 2.07. The van der Waals surface area contributed by atoms with Gasteiger partial charge in [0.15, 0.2) is 5.82 Å². The summed E-state index contributed by atoms with van der Waals surface area (Å²) < 4.78 is 13.6. The quantitative estimate of drug-likeness (QED) is 0.696. The van der Waals surface area contributed by atoms with Crippen molar-refractivity contribution < 1.29 is 4.39 Å². The Morgan fingerprint density at radius 1 is 1.00 bits per heavy atom. The molecule has 1 aromatic heterocycles. The van der Waals surface area contributed by atoms with Gasteiger partial charge in [0.1, 0.15) is 12.0 Å². The summed E-state index contributed by atoms with van der Waals surface area (Å²) in [6.07, 6.45) is 4.50. The molecule has 0 bridgehead atoms. The Balaban J connectivity index is 1.96. The Morgan fingerprint density at radius 3 is 2.40 bits per heavy atom. The third kappa shape index (κ3) is 2.53. The number of rotatable bonds is 2. The van der Waals surface area contributed by atoms with Gasteiger partial charge in [-0.05, 0) is 29.8 Å². The minimum Gasteiger partial charge on any atom is -0.236 e. The van der Waals surface area contributed by atoms with Gasteiger partial charge in [-0.15, -0.1) is 0 Å². The van der Waals surface area contributed by atoms with Crippen LogP contribution in [0.3, 0.4) is 0 Å². The number of nitrogens with zero attached hydrogens (tertiary/aromatic N) is 2. The predicted octanol–water partition coefficient (Wildman–Crippen LogP) is 4.40. The van der Waals surface area contributed by atoms with Crippen LogP contribution in [0.2, 0.25) is 5.02 Å². The second-order valence-electron chi connectivity index (χ2n) is 4.21. The zero-order chi connectivity index (χ0) is 13.9. The van der Waals surface area contributed by atoms with Crippen molar-refractivity contribution in [2.24, 2.45) is 0 Å². The SMILES string of the molecule is Fc1ccccc1-c1n[c]c(-c2ccc(Cl)cc2)cn1. The number of aromatic nitrogens is 2. The summed E-state index contributed by atoms with van der Waals surface area (Å²) in [5, 5.41) is 0.664. The molecule has 0 aliphatic heterocycles. The maximum absolute atomic E-state index is 13.6. The van der Waals surface area contributed by atoms with E-state index in [2.05, 4.69) is 16.2 Å². The van der Waals surface area contributed by atoms with Crippen molar-refractivity contribution in [3.63, 3.8) is 0 Å². The molecule has 97 valence electrons. The first-order chi connectivity index (χ1) is 9.74. The predicted molar refractivity (Wildman–Crippen MR) is 76.7 cm³/mol. The lowest BCUT2D eigenvalue weighted by atomic mass is 10.1. The molecule has 0 saturated carbocycles. The van der Waals surface area contributed by atoms with Crippen LogP contribution in [-0.2, 0) is 0 Å².